The first-order valence-corrected chi connectivity index (χ1v) is 11.7. The number of nitrogens with one attached hydrogen (secondary N) is 2. The number of carbonyl (C=O) groups excluding carboxylic acids is 1. The highest BCUT2D eigenvalue weighted by atomic mass is 19.4. The molecule has 1 amide bonds. The van der Waals surface area contributed by atoms with Crippen LogP contribution in [0.1, 0.15) is 58.7 Å². The third-order valence-corrected chi connectivity index (χ3v) is 7.11. The number of nitrogens with zero attached hydrogens (tertiary/aromatic N) is 1. The lowest BCUT2D eigenvalue weighted by Crippen LogP contribution is -2.41. The van der Waals surface area contributed by atoms with E-state index in [9.17, 15) is 18.0 Å². The Morgan fingerprint density at radius 3 is 2.41 bits per heavy atom. The zero-order valence-corrected chi connectivity index (χ0v) is 20.0. The molecule has 2 N–H and O–H groups in total. The normalized spacial score (nSPS) is 21.6. The summed E-state index contributed by atoms with van der Waals surface area (Å²) in [5.41, 5.74) is -0.0629. The Labute approximate surface area is 198 Å². The van der Waals surface area contributed by atoms with Crippen LogP contribution in [-0.2, 0) is 14.1 Å². The van der Waals surface area contributed by atoms with Crippen LogP contribution in [0.15, 0.2) is 30.5 Å². The van der Waals surface area contributed by atoms with Gasteiger partial charge < -0.3 is 19.9 Å². The number of alkyl halides is 3. The van der Waals surface area contributed by atoms with Gasteiger partial charge in [-0.2, -0.15) is 13.2 Å². The molecule has 10 heteroatoms. The summed E-state index contributed by atoms with van der Waals surface area (Å²) in [7, 11) is -0.586. The van der Waals surface area contributed by atoms with E-state index < -0.39 is 37.0 Å². The summed E-state index contributed by atoms with van der Waals surface area (Å²) >= 11 is 0. The number of aromatic nitrogens is 1. The lowest BCUT2D eigenvalue weighted by atomic mass is 9.78. The van der Waals surface area contributed by atoms with E-state index in [1.165, 1.54) is 0 Å². The summed E-state index contributed by atoms with van der Waals surface area (Å²) < 4.78 is 52.4. The van der Waals surface area contributed by atoms with Gasteiger partial charge in [-0.25, -0.2) is 0 Å². The van der Waals surface area contributed by atoms with Gasteiger partial charge >= 0.3 is 13.3 Å². The summed E-state index contributed by atoms with van der Waals surface area (Å²) in [6.07, 6.45) is -2.88. The van der Waals surface area contributed by atoms with Crippen LogP contribution in [0.25, 0.3) is 10.8 Å². The minimum atomic E-state index is -4.45. The molecule has 1 aromatic carbocycles. The van der Waals surface area contributed by atoms with E-state index in [1.807, 2.05) is 45.9 Å². The lowest BCUT2D eigenvalue weighted by Gasteiger charge is -2.32. The van der Waals surface area contributed by atoms with Crippen molar-refractivity contribution in [2.75, 3.05) is 13.1 Å². The van der Waals surface area contributed by atoms with Crippen molar-refractivity contribution in [3.05, 3.63) is 36.2 Å². The molecule has 1 atom stereocenters. The summed E-state index contributed by atoms with van der Waals surface area (Å²) in [6, 6.07) is 5.93. The standard InChI is InChI=1S/C24H31BF3N3O3/c1-22(2)23(3,4)34-25(33-22)18-6-5-16-14-30-19(12-17(16)11-18)20(13-24(26,27)28)31-21(32)15-7-9-29-10-8-15/h5-6,11-12,14-15,20,29H,7-10,13H2,1-4H3,(H,31,32). The van der Waals surface area contributed by atoms with E-state index in [-0.39, 0.29) is 17.5 Å². The number of hydrogen-bond donors (Lipinski definition) is 2. The molecule has 184 valence electrons. The van der Waals surface area contributed by atoms with E-state index in [4.69, 9.17) is 9.31 Å². The monoisotopic (exact) mass is 477 g/mol. The van der Waals surface area contributed by atoms with Gasteiger partial charge in [-0.3, -0.25) is 9.78 Å². The topological polar surface area (TPSA) is 72.5 Å². The van der Waals surface area contributed by atoms with Crippen LogP contribution in [0.3, 0.4) is 0 Å². The molecule has 1 unspecified atom stereocenters. The van der Waals surface area contributed by atoms with Gasteiger partial charge in [0.25, 0.3) is 0 Å². The zero-order valence-electron chi connectivity index (χ0n) is 20.0. The number of amides is 1. The van der Waals surface area contributed by atoms with Gasteiger partial charge in [-0.1, -0.05) is 18.2 Å². The fourth-order valence-corrected chi connectivity index (χ4v) is 4.33. The average molecular weight is 477 g/mol. The molecule has 0 aliphatic carbocycles. The number of carbonyl (C=O) groups is 1. The van der Waals surface area contributed by atoms with E-state index in [1.54, 1.807) is 12.3 Å². The smallest absolute Gasteiger partial charge is 0.399 e. The molecule has 2 aromatic rings. The number of pyridine rings is 1. The largest absolute Gasteiger partial charge is 0.494 e. The van der Waals surface area contributed by atoms with Crippen LogP contribution in [0, 0.1) is 5.92 Å². The van der Waals surface area contributed by atoms with Gasteiger partial charge in [-0.15, -0.1) is 0 Å². The molecule has 0 bridgehead atoms. The summed E-state index contributed by atoms with van der Waals surface area (Å²) in [5, 5.41) is 7.26. The van der Waals surface area contributed by atoms with Gasteiger partial charge in [-0.05, 0) is 75.9 Å². The Hall–Kier alpha value is -2.17. The van der Waals surface area contributed by atoms with Crippen molar-refractivity contribution in [1.29, 1.82) is 0 Å². The van der Waals surface area contributed by atoms with Crippen LogP contribution >= 0.6 is 0 Å². The van der Waals surface area contributed by atoms with Crippen molar-refractivity contribution in [3.8, 4) is 0 Å². The van der Waals surface area contributed by atoms with Gasteiger partial charge in [0.05, 0.1) is 29.4 Å². The molecule has 2 fully saturated rings. The number of fused-ring (bicyclic) bond motifs is 1. The molecule has 2 aliphatic heterocycles. The molecular weight excluding hydrogens is 446 g/mol. The predicted molar refractivity (Wildman–Crippen MR) is 125 cm³/mol. The lowest BCUT2D eigenvalue weighted by molar-refractivity contribution is -0.144. The molecule has 3 heterocycles. The number of rotatable bonds is 5. The maximum Gasteiger partial charge on any atom is 0.494 e. The van der Waals surface area contributed by atoms with Crippen molar-refractivity contribution >= 4 is 29.3 Å². The first-order valence-electron chi connectivity index (χ1n) is 11.7. The SMILES string of the molecule is CC1(C)OB(c2ccc3cnc(C(CC(F)(F)F)NC(=O)C4CCNCC4)cc3c2)OC1(C)C. The Morgan fingerprint density at radius 2 is 1.79 bits per heavy atom. The highest BCUT2D eigenvalue weighted by molar-refractivity contribution is 6.62. The maximum atomic E-state index is 13.4. The van der Waals surface area contributed by atoms with Crippen molar-refractivity contribution in [2.45, 2.75) is 70.4 Å². The van der Waals surface area contributed by atoms with Crippen molar-refractivity contribution in [1.82, 2.24) is 15.6 Å². The maximum absolute atomic E-state index is 13.4. The number of piperidine rings is 1. The highest BCUT2D eigenvalue weighted by Gasteiger charge is 2.51. The molecule has 0 spiro atoms. The highest BCUT2D eigenvalue weighted by Crippen LogP contribution is 2.37. The third kappa shape index (κ3) is 5.39. The first kappa shape index (κ1) is 24.9. The minimum Gasteiger partial charge on any atom is -0.399 e. The predicted octanol–water partition coefficient (Wildman–Crippen LogP) is 3.64. The molecule has 6 nitrogen and oxygen atoms in total. The quantitative estimate of drug-likeness (QED) is 0.644. The summed E-state index contributed by atoms with van der Waals surface area (Å²) in [5.74, 6) is -0.656. The molecule has 0 saturated carbocycles. The van der Waals surface area contributed by atoms with Gasteiger partial charge in [0.15, 0.2) is 0 Å². The van der Waals surface area contributed by atoms with E-state index in [0.717, 1.165) is 10.8 Å². The number of benzene rings is 1. The second-order valence-corrected chi connectivity index (χ2v) is 10.2. The Bertz CT molecular complexity index is 1040. The summed E-state index contributed by atoms with van der Waals surface area (Å²) in [4.78, 5) is 17.0. The molecule has 0 radical (unpaired) electrons. The molecule has 1 aromatic heterocycles. The fourth-order valence-electron chi connectivity index (χ4n) is 4.33. The first-order chi connectivity index (χ1) is 15.8. The Balaban J connectivity index is 1.61. The van der Waals surface area contributed by atoms with E-state index in [2.05, 4.69) is 15.6 Å². The van der Waals surface area contributed by atoms with Gasteiger partial charge in [0.2, 0.25) is 5.91 Å². The van der Waals surface area contributed by atoms with Crippen molar-refractivity contribution in [2.24, 2.45) is 5.92 Å². The van der Waals surface area contributed by atoms with E-state index >= 15 is 0 Å². The zero-order chi connectivity index (χ0) is 24.7. The molecule has 2 saturated heterocycles. The second-order valence-electron chi connectivity index (χ2n) is 10.2. The van der Waals surface area contributed by atoms with Crippen LogP contribution < -0.4 is 16.1 Å². The fraction of sp³-hybridized carbons (Fsp3) is 0.583. The number of hydrogen-bond acceptors (Lipinski definition) is 5. The van der Waals surface area contributed by atoms with Crippen LogP contribution in [-0.4, -0.2) is 48.5 Å². The summed E-state index contributed by atoms with van der Waals surface area (Å²) in [6.45, 7) is 9.20. The van der Waals surface area contributed by atoms with Crippen LogP contribution in [0.4, 0.5) is 13.2 Å². The van der Waals surface area contributed by atoms with Crippen LogP contribution in [0.2, 0.25) is 0 Å². The number of halogens is 3. The van der Waals surface area contributed by atoms with Gasteiger partial charge in [0, 0.05) is 12.1 Å². The molecule has 34 heavy (non-hydrogen) atoms. The Kier molecular flexibility index (Phi) is 6.70. The Morgan fingerprint density at radius 1 is 1.15 bits per heavy atom. The molecular formula is C24H31BF3N3O3. The van der Waals surface area contributed by atoms with E-state index in [0.29, 0.717) is 31.3 Å². The van der Waals surface area contributed by atoms with Crippen molar-refractivity contribution < 1.29 is 27.3 Å². The average Bonchev–Trinajstić information content (AvgIpc) is 2.99. The third-order valence-electron chi connectivity index (χ3n) is 7.11. The minimum absolute atomic E-state index is 0.179. The second kappa shape index (κ2) is 9.13. The molecule has 4 rings (SSSR count). The van der Waals surface area contributed by atoms with Gasteiger partial charge in [0.1, 0.15) is 0 Å². The van der Waals surface area contributed by atoms with Crippen LogP contribution in [0.5, 0.6) is 0 Å². The van der Waals surface area contributed by atoms with Crippen molar-refractivity contribution in [3.63, 3.8) is 0 Å². The molecule has 2 aliphatic rings.